The van der Waals surface area contributed by atoms with E-state index in [4.69, 9.17) is 0 Å². The Morgan fingerprint density at radius 2 is 1.80 bits per heavy atom. The molecule has 0 aromatic carbocycles. The van der Waals surface area contributed by atoms with Gasteiger partial charge in [0.25, 0.3) is 0 Å². The van der Waals surface area contributed by atoms with E-state index in [9.17, 15) is 19.2 Å². The van der Waals surface area contributed by atoms with E-state index in [0.717, 1.165) is 30.8 Å². The van der Waals surface area contributed by atoms with Gasteiger partial charge in [0.15, 0.2) is 0 Å². The molecule has 7 heteroatoms. The van der Waals surface area contributed by atoms with Gasteiger partial charge in [0.05, 0.1) is 0 Å². The lowest BCUT2D eigenvalue weighted by Gasteiger charge is -2.30. The number of hydrogen-bond acceptors (Lipinski definition) is 4. The first-order valence-corrected chi connectivity index (χ1v) is 7.00. The van der Waals surface area contributed by atoms with Crippen molar-refractivity contribution in [2.24, 2.45) is 5.41 Å². The molecule has 1 saturated carbocycles. The second-order valence-electron chi connectivity index (χ2n) is 5.64. The maximum absolute atomic E-state index is 12.2. The summed E-state index contributed by atoms with van der Waals surface area (Å²) in [7, 11) is 0. The zero-order valence-corrected chi connectivity index (χ0v) is 11.2. The maximum Gasteiger partial charge on any atom is 0.330 e. The number of barbiturate groups is 1. The van der Waals surface area contributed by atoms with Crippen LogP contribution in [0.2, 0.25) is 0 Å². The summed E-state index contributed by atoms with van der Waals surface area (Å²) < 4.78 is 0. The van der Waals surface area contributed by atoms with Crippen molar-refractivity contribution in [1.29, 1.82) is 0 Å². The molecule has 0 unspecified atom stereocenters. The number of amides is 5. The predicted molar refractivity (Wildman–Crippen MR) is 67.3 cm³/mol. The van der Waals surface area contributed by atoms with Gasteiger partial charge in [-0.25, -0.2) is 4.79 Å². The van der Waals surface area contributed by atoms with Crippen molar-refractivity contribution < 1.29 is 19.2 Å². The Morgan fingerprint density at radius 1 is 1.15 bits per heavy atom. The summed E-state index contributed by atoms with van der Waals surface area (Å²) in [6.45, 7) is 1.55. The Balaban J connectivity index is 1.61. The Labute approximate surface area is 116 Å². The van der Waals surface area contributed by atoms with Crippen LogP contribution in [0.1, 0.15) is 32.1 Å². The van der Waals surface area contributed by atoms with Gasteiger partial charge in [-0.3, -0.25) is 24.6 Å². The van der Waals surface area contributed by atoms with Gasteiger partial charge in [-0.1, -0.05) is 0 Å². The van der Waals surface area contributed by atoms with Crippen molar-refractivity contribution in [2.75, 3.05) is 19.6 Å². The molecule has 0 atom stereocenters. The third-order valence-electron chi connectivity index (χ3n) is 4.31. The molecular formula is C13H17N3O4. The van der Waals surface area contributed by atoms with E-state index in [2.05, 4.69) is 5.32 Å². The molecule has 7 nitrogen and oxygen atoms in total. The summed E-state index contributed by atoms with van der Waals surface area (Å²) in [5, 5.41) is 2.21. The van der Waals surface area contributed by atoms with Crippen LogP contribution in [0.15, 0.2) is 0 Å². The lowest BCUT2D eigenvalue weighted by molar-refractivity contribution is -0.144. The molecule has 1 spiro atoms. The number of nitrogens with zero attached hydrogens (tertiary/aromatic N) is 2. The minimum atomic E-state index is -1.02. The summed E-state index contributed by atoms with van der Waals surface area (Å²) in [6.07, 6.45) is 3.12. The van der Waals surface area contributed by atoms with E-state index < -0.39 is 23.3 Å². The number of nitrogens with one attached hydrogen (secondary N) is 1. The largest absolute Gasteiger partial charge is 0.343 e. The van der Waals surface area contributed by atoms with Crippen molar-refractivity contribution in [3.63, 3.8) is 0 Å². The molecule has 2 heterocycles. The molecule has 108 valence electrons. The quantitative estimate of drug-likeness (QED) is 0.728. The number of carbonyl (C=O) groups excluding carboxylic acids is 4. The van der Waals surface area contributed by atoms with Gasteiger partial charge in [-0.15, -0.1) is 0 Å². The van der Waals surface area contributed by atoms with E-state index >= 15 is 0 Å². The van der Waals surface area contributed by atoms with Crippen molar-refractivity contribution in [1.82, 2.24) is 15.1 Å². The predicted octanol–water partition coefficient (Wildman–Crippen LogP) is -0.143. The normalized spacial score (nSPS) is 24.3. The summed E-state index contributed by atoms with van der Waals surface area (Å²) in [5.41, 5.74) is -1.02. The smallest absolute Gasteiger partial charge is 0.330 e. The molecular weight excluding hydrogens is 262 g/mol. The van der Waals surface area contributed by atoms with Gasteiger partial charge < -0.3 is 4.90 Å². The first-order chi connectivity index (χ1) is 9.54. The molecule has 3 aliphatic rings. The van der Waals surface area contributed by atoms with Crippen LogP contribution in [0.25, 0.3) is 0 Å². The Hall–Kier alpha value is -1.92. The second-order valence-corrected chi connectivity index (χ2v) is 5.64. The summed E-state index contributed by atoms with van der Waals surface area (Å²) in [4.78, 5) is 50.2. The third-order valence-corrected chi connectivity index (χ3v) is 4.31. The van der Waals surface area contributed by atoms with Crippen molar-refractivity contribution in [3.8, 4) is 0 Å². The van der Waals surface area contributed by atoms with Gasteiger partial charge in [-0.2, -0.15) is 0 Å². The van der Waals surface area contributed by atoms with Crippen LogP contribution in [0.3, 0.4) is 0 Å². The molecule has 5 amide bonds. The van der Waals surface area contributed by atoms with Gasteiger partial charge in [0, 0.05) is 26.1 Å². The van der Waals surface area contributed by atoms with E-state index in [-0.39, 0.29) is 18.9 Å². The van der Waals surface area contributed by atoms with E-state index in [0.29, 0.717) is 12.8 Å². The molecule has 1 aliphatic carbocycles. The molecule has 0 bridgehead atoms. The van der Waals surface area contributed by atoms with Crippen molar-refractivity contribution >= 4 is 23.8 Å². The Morgan fingerprint density at radius 3 is 2.40 bits per heavy atom. The lowest BCUT2D eigenvalue weighted by Crippen LogP contribution is -2.59. The monoisotopic (exact) mass is 279 g/mol. The molecule has 1 N–H and O–H groups in total. The molecule has 0 radical (unpaired) electrons. The number of rotatable bonds is 3. The maximum atomic E-state index is 12.2. The average molecular weight is 279 g/mol. The van der Waals surface area contributed by atoms with Crippen LogP contribution in [-0.4, -0.2) is 53.2 Å². The van der Waals surface area contributed by atoms with Crippen molar-refractivity contribution in [2.45, 2.75) is 32.1 Å². The summed E-state index contributed by atoms with van der Waals surface area (Å²) in [5.74, 6) is -0.972. The number of imide groups is 2. The number of carbonyl (C=O) groups is 4. The van der Waals surface area contributed by atoms with Crippen LogP contribution >= 0.6 is 0 Å². The highest BCUT2D eigenvalue weighted by Gasteiger charge is 2.62. The molecule has 2 aliphatic heterocycles. The van der Waals surface area contributed by atoms with E-state index in [1.165, 1.54) is 0 Å². The fraction of sp³-hybridized carbons (Fsp3) is 0.692. The van der Waals surface area contributed by atoms with Crippen LogP contribution in [-0.2, 0) is 14.4 Å². The van der Waals surface area contributed by atoms with Crippen LogP contribution < -0.4 is 5.32 Å². The number of hydrogen-bond donors (Lipinski definition) is 1. The molecule has 2 saturated heterocycles. The molecule has 0 aromatic rings. The molecule has 3 rings (SSSR count). The second kappa shape index (κ2) is 4.57. The highest BCUT2D eigenvalue weighted by atomic mass is 16.2. The fourth-order valence-corrected chi connectivity index (χ4v) is 2.83. The Kier molecular flexibility index (Phi) is 2.99. The van der Waals surface area contributed by atoms with Crippen LogP contribution in [0, 0.1) is 5.41 Å². The zero-order valence-electron chi connectivity index (χ0n) is 11.2. The minimum Gasteiger partial charge on any atom is -0.343 e. The average Bonchev–Trinajstić information content (AvgIpc) is 3.04. The third kappa shape index (κ3) is 1.97. The molecule has 0 aromatic heterocycles. The van der Waals surface area contributed by atoms with Gasteiger partial charge in [0.1, 0.15) is 5.41 Å². The highest BCUT2D eigenvalue weighted by molar-refractivity contribution is 6.20. The fourth-order valence-electron chi connectivity index (χ4n) is 2.83. The highest BCUT2D eigenvalue weighted by Crippen LogP contribution is 2.48. The SMILES string of the molecule is O=C(CCN1C(=O)NC(=O)C2(CC2)C1=O)N1CCCC1. The first kappa shape index (κ1) is 13.1. The molecule has 20 heavy (non-hydrogen) atoms. The summed E-state index contributed by atoms with van der Waals surface area (Å²) >= 11 is 0. The van der Waals surface area contributed by atoms with Gasteiger partial charge in [-0.05, 0) is 25.7 Å². The van der Waals surface area contributed by atoms with Crippen LogP contribution in [0.4, 0.5) is 4.79 Å². The topological polar surface area (TPSA) is 86.8 Å². The van der Waals surface area contributed by atoms with Gasteiger partial charge in [0.2, 0.25) is 17.7 Å². The van der Waals surface area contributed by atoms with Gasteiger partial charge >= 0.3 is 6.03 Å². The standard InChI is InChI=1S/C13H17N3O4/c17-9(15-6-1-2-7-15)3-8-16-11(19)13(4-5-13)10(18)14-12(16)20/h1-8H2,(H,14,18,20). The lowest BCUT2D eigenvalue weighted by atomic mass is 10.0. The van der Waals surface area contributed by atoms with E-state index in [1.54, 1.807) is 4.90 Å². The van der Waals surface area contributed by atoms with Crippen LogP contribution in [0.5, 0.6) is 0 Å². The number of urea groups is 1. The first-order valence-electron chi connectivity index (χ1n) is 7.00. The molecule has 3 fully saturated rings. The number of likely N-dealkylation sites (tertiary alicyclic amines) is 1. The summed E-state index contributed by atoms with van der Waals surface area (Å²) in [6, 6.07) is -0.702. The Bertz CT molecular complexity index is 492. The minimum absolute atomic E-state index is 0.0372. The zero-order chi connectivity index (χ0) is 14.3. The van der Waals surface area contributed by atoms with Crippen molar-refractivity contribution in [3.05, 3.63) is 0 Å². The van der Waals surface area contributed by atoms with E-state index in [1.807, 2.05) is 0 Å².